The lowest BCUT2D eigenvalue weighted by Gasteiger charge is -2.20. The SMILES string of the molecule is Fc1cc(Br)cc(F)c1OC(F)(F)CC(F)(F)F. The first-order valence-electron chi connectivity index (χ1n) is 4.28. The van der Waals surface area contributed by atoms with Gasteiger partial charge in [0.25, 0.3) is 0 Å². The highest BCUT2D eigenvalue weighted by atomic mass is 79.9. The Balaban J connectivity index is 2.97. The predicted octanol–water partition coefficient (Wildman–Crippen LogP) is 4.65. The number of hydrogen-bond acceptors (Lipinski definition) is 1. The summed E-state index contributed by atoms with van der Waals surface area (Å²) in [7, 11) is 0. The quantitative estimate of drug-likeness (QED) is 0.727. The van der Waals surface area contributed by atoms with E-state index in [4.69, 9.17) is 0 Å². The molecule has 0 fully saturated rings. The molecule has 0 saturated heterocycles. The van der Waals surface area contributed by atoms with Crippen LogP contribution in [0.5, 0.6) is 5.75 Å². The molecule has 0 aromatic heterocycles. The van der Waals surface area contributed by atoms with Gasteiger partial charge in [-0.2, -0.15) is 22.0 Å². The van der Waals surface area contributed by atoms with Crippen molar-refractivity contribution in [3.05, 3.63) is 28.2 Å². The molecule has 0 saturated carbocycles. The van der Waals surface area contributed by atoms with Gasteiger partial charge in [0.15, 0.2) is 17.4 Å². The highest BCUT2D eigenvalue weighted by Crippen LogP contribution is 2.36. The third kappa shape index (κ3) is 4.35. The topological polar surface area (TPSA) is 9.23 Å². The van der Waals surface area contributed by atoms with Gasteiger partial charge in [0.2, 0.25) is 0 Å². The van der Waals surface area contributed by atoms with Crippen LogP contribution in [0.3, 0.4) is 0 Å². The van der Waals surface area contributed by atoms with Gasteiger partial charge in [-0.15, -0.1) is 0 Å². The van der Waals surface area contributed by atoms with Gasteiger partial charge < -0.3 is 4.74 Å². The molecule has 1 nitrogen and oxygen atoms in total. The van der Waals surface area contributed by atoms with Crippen LogP contribution >= 0.6 is 15.9 Å². The molecule has 0 spiro atoms. The maximum Gasteiger partial charge on any atom is 0.406 e. The van der Waals surface area contributed by atoms with Gasteiger partial charge in [-0.25, -0.2) is 8.78 Å². The van der Waals surface area contributed by atoms with Crippen molar-refractivity contribution < 1.29 is 35.5 Å². The van der Waals surface area contributed by atoms with E-state index in [2.05, 4.69) is 20.7 Å². The molecular weight excluding hydrogens is 337 g/mol. The summed E-state index contributed by atoms with van der Waals surface area (Å²) in [6, 6.07) is 1.17. The van der Waals surface area contributed by atoms with Gasteiger partial charge in [-0.3, -0.25) is 0 Å². The minimum atomic E-state index is -5.23. The lowest BCUT2D eigenvalue weighted by Crippen LogP contribution is -2.32. The summed E-state index contributed by atoms with van der Waals surface area (Å²) in [5.74, 6) is -4.64. The Bertz CT molecular complexity index is 420. The summed E-state index contributed by atoms with van der Waals surface area (Å²) in [6.07, 6.45) is -12.6. The Kier molecular flexibility index (Phi) is 4.14. The fraction of sp³-hybridized carbons (Fsp3) is 0.333. The maximum absolute atomic E-state index is 13.1. The van der Waals surface area contributed by atoms with Crippen LogP contribution in [0, 0.1) is 11.6 Å². The second-order valence-electron chi connectivity index (χ2n) is 3.23. The van der Waals surface area contributed by atoms with Crippen LogP contribution in [0.15, 0.2) is 16.6 Å². The smallest absolute Gasteiger partial charge is 0.406 e. The first-order chi connectivity index (χ1) is 8.00. The van der Waals surface area contributed by atoms with Crippen LogP contribution in [0.25, 0.3) is 0 Å². The molecule has 1 rings (SSSR count). The molecule has 0 radical (unpaired) electrons. The summed E-state index contributed by atoms with van der Waals surface area (Å²) in [5, 5.41) is 0. The van der Waals surface area contributed by atoms with E-state index in [1.807, 2.05) is 0 Å². The van der Waals surface area contributed by atoms with Crippen LogP contribution in [0.1, 0.15) is 6.42 Å². The van der Waals surface area contributed by atoms with Gasteiger partial charge in [0, 0.05) is 4.47 Å². The van der Waals surface area contributed by atoms with E-state index in [-0.39, 0.29) is 4.47 Å². The Hall–Kier alpha value is -0.990. The number of alkyl halides is 5. The lowest BCUT2D eigenvalue weighted by molar-refractivity contribution is -0.256. The maximum atomic E-state index is 13.1. The largest absolute Gasteiger partial charge is 0.426 e. The zero-order valence-electron chi connectivity index (χ0n) is 8.29. The average molecular weight is 341 g/mol. The fourth-order valence-electron chi connectivity index (χ4n) is 1.05. The van der Waals surface area contributed by atoms with Gasteiger partial charge in [0.1, 0.15) is 6.42 Å². The van der Waals surface area contributed by atoms with Crippen LogP contribution in [-0.4, -0.2) is 12.3 Å². The number of hydrogen-bond donors (Lipinski definition) is 0. The lowest BCUT2D eigenvalue weighted by atomic mass is 10.3. The van der Waals surface area contributed by atoms with Crippen molar-refractivity contribution in [1.29, 1.82) is 0 Å². The van der Waals surface area contributed by atoms with Crippen LogP contribution in [-0.2, 0) is 0 Å². The summed E-state index contributed by atoms with van der Waals surface area (Å²) in [5.41, 5.74) is 0. The molecule has 0 N–H and O–H groups in total. The molecule has 0 bridgehead atoms. The van der Waals surface area contributed by atoms with E-state index in [1.54, 1.807) is 0 Å². The molecule has 18 heavy (non-hydrogen) atoms. The van der Waals surface area contributed by atoms with Crippen molar-refractivity contribution in [2.45, 2.75) is 18.7 Å². The summed E-state index contributed by atoms with van der Waals surface area (Å²) < 4.78 is 90.3. The molecule has 0 aliphatic heterocycles. The molecule has 9 heteroatoms. The highest BCUT2D eigenvalue weighted by molar-refractivity contribution is 9.10. The van der Waals surface area contributed by atoms with Crippen molar-refractivity contribution in [2.24, 2.45) is 0 Å². The second kappa shape index (κ2) is 4.94. The summed E-state index contributed by atoms with van der Waals surface area (Å²) >= 11 is 2.67. The number of rotatable bonds is 3. The van der Waals surface area contributed by atoms with Gasteiger partial charge >= 0.3 is 12.3 Å². The van der Waals surface area contributed by atoms with E-state index in [9.17, 15) is 30.7 Å². The average Bonchev–Trinajstić information content (AvgIpc) is 2.07. The molecule has 0 unspecified atom stereocenters. The molecule has 0 aliphatic carbocycles. The molecule has 0 atom stereocenters. The second-order valence-corrected chi connectivity index (χ2v) is 4.15. The van der Waals surface area contributed by atoms with Crippen LogP contribution in [0.2, 0.25) is 0 Å². The summed E-state index contributed by atoms with van der Waals surface area (Å²) in [6.45, 7) is 0. The van der Waals surface area contributed by atoms with Crippen molar-refractivity contribution in [3.8, 4) is 5.75 Å². The first kappa shape index (κ1) is 15.1. The first-order valence-corrected chi connectivity index (χ1v) is 5.07. The van der Waals surface area contributed by atoms with Crippen LogP contribution < -0.4 is 4.74 Å². The molecule has 0 amide bonds. The van der Waals surface area contributed by atoms with Gasteiger partial charge in [0.05, 0.1) is 0 Å². The van der Waals surface area contributed by atoms with E-state index in [0.29, 0.717) is 12.1 Å². The third-order valence-corrected chi connectivity index (χ3v) is 2.08. The predicted molar refractivity (Wildman–Crippen MR) is 50.3 cm³/mol. The minimum absolute atomic E-state index is 0.107. The molecule has 1 aromatic carbocycles. The Morgan fingerprint density at radius 3 is 1.83 bits per heavy atom. The zero-order valence-corrected chi connectivity index (χ0v) is 9.88. The fourth-order valence-corrected chi connectivity index (χ4v) is 1.45. The molecule has 0 aliphatic rings. The Labute approximate surface area is 105 Å². The molecule has 1 aromatic rings. The van der Waals surface area contributed by atoms with Crippen LogP contribution in [0.4, 0.5) is 30.7 Å². The van der Waals surface area contributed by atoms with Crippen molar-refractivity contribution >= 4 is 15.9 Å². The van der Waals surface area contributed by atoms with Gasteiger partial charge in [-0.05, 0) is 12.1 Å². The molecule has 0 heterocycles. The van der Waals surface area contributed by atoms with Crippen molar-refractivity contribution in [3.63, 3.8) is 0 Å². The van der Waals surface area contributed by atoms with E-state index >= 15 is 0 Å². The number of ether oxygens (including phenoxy) is 1. The van der Waals surface area contributed by atoms with E-state index < -0.39 is 36.1 Å². The standard InChI is InChI=1S/C9H4BrF7O/c10-4-1-5(11)7(6(12)2-4)18-9(16,17)3-8(13,14)15/h1-2H,3H2. The molecule has 102 valence electrons. The zero-order chi connectivity index (χ0) is 14.1. The van der Waals surface area contributed by atoms with Crippen molar-refractivity contribution in [2.75, 3.05) is 0 Å². The minimum Gasteiger partial charge on any atom is -0.426 e. The molecular formula is C9H4BrF7O. The summed E-state index contributed by atoms with van der Waals surface area (Å²) in [4.78, 5) is 0. The third-order valence-electron chi connectivity index (χ3n) is 1.62. The van der Waals surface area contributed by atoms with E-state index in [1.165, 1.54) is 0 Å². The van der Waals surface area contributed by atoms with Crippen molar-refractivity contribution in [1.82, 2.24) is 0 Å². The van der Waals surface area contributed by atoms with E-state index in [0.717, 1.165) is 0 Å². The van der Waals surface area contributed by atoms with Gasteiger partial charge in [-0.1, -0.05) is 15.9 Å². The Morgan fingerprint density at radius 1 is 1.00 bits per heavy atom. The highest BCUT2D eigenvalue weighted by Gasteiger charge is 2.46. The Morgan fingerprint density at radius 2 is 1.44 bits per heavy atom. The number of benzene rings is 1. The normalized spacial score (nSPS) is 12.7. The number of halogens is 8. The monoisotopic (exact) mass is 340 g/mol.